The number of aromatic nitrogens is 3. The fourth-order valence-corrected chi connectivity index (χ4v) is 3.51. The highest BCUT2D eigenvalue weighted by atomic mass is 35.5. The Labute approximate surface area is 158 Å². The maximum atomic E-state index is 13.5. The lowest BCUT2D eigenvalue weighted by Crippen LogP contribution is -2.32. The van der Waals surface area contributed by atoms with Crippen molar-refractivity contribution in [2.24, 2.45) is 0 Å². The minimum absolute atomic E-state index is 0. The monoisotopic (exact) mass is 379 g/mol. The summed E-state index contributed by atoms with van der Waals surface area (Å²) in [5.74, 6) is -0.456. The molecule has 2 aliphatic rings. The molecular formula is C18H23ClFN5O. The third-order valence-electron chi connectivity index (χ3n) is 5.30. The average Bonchev–Trinajstić information content (AvgIpc) is 3.27. The summed E-state index contributed by atoms with van der Waals surface area (Å²) in [7, 11) is 0. The van der Waals surface area contributed by atoms with Gasteiger partial charge < -0.3 is 10.6 Å². The van der Waals surface area contributed by atoms with E-state index in [-0.39, 0.29) is 29.5 Å². The number of benzene rings is 1. The number of carbonyl (C=O) groups excluding carboxylic acids is 1. The van der Waals surface area contributed by atoms with E-state index in [1.54, 1.807) is 23.0 Å². The molecule has 1 aromatic carbocycles. The summed E-state index contributed by atoms with van der Waals surface area (Å²) >= 11 is 0. The quantitative estimate of drug-likeness (QED) is 0.835. The smallest absolute Gasteiger partial charge is 0.273 e. The normalized spacial score (nSPS) is 18.8. The second-order valence-corrected chi connectivity index (χ2v) is 7.04. The number of amides is 1. The van der Waals surface area contributed by atoms with Crippen LogP contribution < -0.4 is 10.6 Å². The van der Waals surface area contributed by atoms with Crippen molar-refractivity contribution in [2.75, 3.05) is 19.6 Å². The molecule has 0 unspecified atom stereocenters. The lowest BCUT2D eigenvalue weighted by molar-refractivity contribution is 0.0944. The first-order valence-electron chi connectivity index (χ1n) is 8.83. The van der Waals surface area contributed by atoms with Crippen LogP contribution in [-0.4, -0.2) is 40.5 Å². The van der Waals surface area contributed by atoms with E-state index in [1.807, 2.05) is 6.07 Å². The Morgan fingerprint density at radius 2 is 2.12 bits per heavy atom. The molecule has 2 heterocycles. The van der Waals surface area contributed by atoms with Gasteiger partial charge in [-0.2, -0.15) is 0 Å². The van der Waals surface area contributed by atoms with Gasteiger partial charge in [0.1, 0.15) is 5.82 Å². The predicted octanol–water partition coefficient (Wildman–Crippen LogP) is 2.23. The molecule has 0 radical (unpaired) electrons. The van der Waals surface area contributed by atoms with Crippen molar-refractivity contribution >= 4 is 18.3 Å². The van der Waals surface area contributed by atoms with Crippen molar-refractivity contribution in [1.29, 1.82) is 0 Å². The molecule has 2 N–H and O–H groups in total. The first kappa shape index (κ1) is 18.8. The molecule has 0 atom stereocenters. The van der Waals surface area contributed by atoms with E-state index in [1.165, 1.54) is 6.07 Å². The van der Waals surface area contributed by atoms with Crippen LogP contribution in [0.5, 0.6) is 0 Å². The van der Waals surface area contributed by atoms with Crippen molar-refractivity contribution in [3.63, 3.8) is 0 Å². The molecule has 26 heavy (non-hydrogen) atoms. The summed E-state index contributed by atoms with van der Waals surface area (Å²) in [6.07, 6.45) is 5.63. The minimum atomic E-state index is -0.236. The molecule has 140 valence electrons. The zero-order valence-electron chi connectivity index (χ0n) is 14.4. The lowest BCUT2D eigenvalue weighted by atomic mass is 9.96. The van der Waals surface area contributed by atoms with Gasteiger partial charge in [-0.15, -0.1) is 17.5 Å². The van der Waals surface area contributed by atoms with Crippen LogP contribution in [0.15, 0.2) is 30.5 Å². The molecule has 1 saturated carbocycles. The zero-order valence-corrected chi connectivity index (χ0v) is 15.3. The standard InChI is InChI=1S/C18H22FN5O.ClH/c19-14-3-1-2-13(10-14)18(6-7-18)12-21-17(25)16-11-24(23-22-16)15-4-8-20-9-5-15;/h1-3,10-11,15,20H,4-9,12H2,(H,21,25);1H. The van der Waals surface area contributed by atoms with Crippen LogP contribution in [-0.2, 0) is 5.41 Å². The van der Waals surface area contributed by atoms with Crippen molar-refractivity contribution in [3.05, 3.63) is 47.5 Å². The first-order valence-corrected chi connectivity index (χ1v) is 8.83. The zero-order chi connectivity index (χ0) is 17.3. The Kier molecular flexibility index (Phi) is 5.58. The molecule has 0 spiro atoms. The molecule has 1 aliphatic heterocycles. The van der Waals surface area contributed by atoms with Gasteiger partial charge in [0, 0.05) is 12.0 Å². The lowest BCUT2D eigenvalue weighted by Gasteiger charge is -2.22. The van der Waals surface area contributed by atoms with Crippen molar-refractivity contribution in [3.8, 4) is 0 Å². The van der Waals surface area contributed by atoms with Gasteiger partial charge in [0.2, 0.25) is 0 Å². The Bertz CT molecular complexity index is 770. The number of hydrogen-bond acceptors (Lipinski definition) is 4. The SMILES string of the molecule is Cl.O=C(NCC1(c2cccc(F)c2)CC1)c1cn(C2CCNCC2)nn1. The summed E-state index contributed by atoms with van der Waals surface area (Å²) in [6.45, 7) is 2.42. The Balaban J connectivity index is 0.00000196. The molecule has 4 rings (SSSR count). The molecular weight excluding hydrogens is 357 g/mol. The van der Waals surface area contributed by atoms with Crippen LogP contribution in [0.4, 0.5) is 4.39 Å². The second-order valence-electron chi connectivity index (χ2n) is 7.04. The van der Waals surface area contributed by atoms with Gasteiger partial charge in [0.15, 0.2) is 5.69 Å². The van der Waals surface area contributed by atoms with E-state index >= 15 is 0 Å². The average molecular weight is 380 g/mol. The molecule has 1 aromatic heterocycles. The number of rotatable bonds is 5. The molecule has 6 nitrogen and oxygen atoms in total. The van der Waals surface area contributed by atoms with Crippen LogP contribution in [0.1, 0.15) is 47.8 Å². The fourth-order valence-electron chi connectivity index (χ4n) is 3.51. The van der Waals surface area contributed by atoms with E-state index < -0.39 is 0 Å². The topological polar surface area (TPSA) is 71.8 Å². The van der Waals surface area contributed by atoms with E-state index in [0.29, 0.717) is 18.3 Å². The Hall–Kier alpha value is -1.99. The van der Waals surface area contributed by atoms with Gasteiger partial charge in [0.25, 0.3) is 5.91 Å². The van der Waals surface area contributed by atoms with Crippen molar-refractivity contribution in [2.45, 2.75) is 37.1 Å². The largest absolute Gasteiger partial charge is 0.350 e. The summed E-state index contributed by atoms with van der Waals surface area (Å²) in [6, 6.07) is 6.95. The fraction of sp³-hybridized carbons (Fsp3) is 0.500. The summed E-state index contributed by atoms with van der Waals surface area (Å²) < 4.78 is 15.3. The second kappa shape index (κ2) is 7.72. The minimum Gasteiger partial charge on any atom is -0.350 e. The number of halogens is 2. The highest BCUT2D eigenvalue weighted by Gasteiger charge is 2.44. The number of hydrogen-bond donors (Lipinski definition) is 2. The van der Waals surface area contributed by atoms with Gasteiger partial charge in [-0.3, -0.25) is 4.79 Å². The van der Waals surface area contributed by atoms with E-state index in [0.717, 1.165) is 44.3 Å². The Morgan fingerprint density at radius 1 is 1.35 bits per heavy atom. The number of piperidine rings is 1. The van der Waals surface area contributed by atoms with Gasteiger partial charge >= 0.3 is 0 Å². The van der Waals surface area contributed by atoms with E-state index in [9.17, 15) is 9.18 Å². The van der Waals surface area contributed by atoms with E-state index in [4.69, 9.17) is 0 Å². The van der Waals surface area contributed by atoms with Gasteiger partial charge in [-0.25, -0.2) is 9.07 Å². The molecule has 8 heteroatoms. The van der Waals surface area contributed by atoms with Gasteiger partial charge in [-0.05, 0) is 56.5 Å². The highest BCUT2D eigenvalue weighted by molar-refractivity contribution is 5.91. The number of carbonyl (C=O) groups is 1. The third kappa shape index (κ3) is 3.88. The first-order chi connectivity index (χ1) is 12.2. The van der Waals surface area contributed by atoms with Crippen LogP contribution in [0.25, 0.3) is 0 Å². The van der Waals surface area contributed by atoms with Crippen molar-refractivity contribution < 1.29 is 9.18 Å². The molecule has 2 aromatic rings. The van der Waals surface area contributed by atoms with Crippen molar-refractivity contribution in [1.82, 2.24) is 25.6 Å². The van der Waals surface area contributed by atoms with Gasteiger partial charge in [-0.1, -0.05) is 17.3 Å². The highest BCUT2D eigenvalue weighted by Crippen LogP contribution is 2.47. The number of nitrogens with zero attached hydrogens (tertiary/aromatic N) is 3. The molecule has 1 aliphatic carbocycles. The van der Waals surface area contributed by atoms with Crippen LogP contribution in [0, 0.1) is 5.82 Å². The van der Waals surface area contributed by atoms with Crippen LogP contribution in [0.3, 0.4) is 0 Å². The summed E-state index contributed by atoms with van der Waals surface area (Å²) in [4.78, 5) is 12.4. The van der Waals surface area contributed by atoms with Gasteiger partial charge in [0.05, 0.1) is 12.2 Å². The summed E-state index contributed by atoms with van der Waals surface area (Å²) in [5.41, 5.74) is 1.16. The van der Waals surface area contributed by atoms with E-state index in [2.05, 4.69) is 20.9 Å². The van der Waals surface area contributed by atoms with Crippen LogP contribution >= 0.6 is 12.4 Å². The summed E-state index contributed by atoms with van der Waals surface area (Å²) in [5, 5.41) is 14.4. The molecule has 2 fully saturated rings. The Morgan fingerprint density at radius 3 is 2.81 bits per heavy atom. The molecule has 1 saturated heterocycles. The molecule has 0 bridgehead atoms. The predicted molar refractivity (Wildman–Crippen MR) is 98.1 cm³/mol. The number of nitrogens with one attached hydrogen (secondary N) is 2. The van der Waals surface area contributed by atoms with Crippen LogP contribution in [0.2, 0.25) is 0 Å². The molecule has 1 amide bonds. The third-order valence-corrected chi connectivity index (χ3v) is 5.30. The maximum Gasteiger partial charge on any atom is 0.273 e. The maximum absolute atomic E-state index is 13.5.